The first-order valence-corrected chi connectivity index (χ1v) is 7.24. The molecule has 2 rings (SSSR count). The van der Waals surface area contributed by atoms with Crippen molar-refractivity contribution in [2.75, 3.05) is 11.5 Å². The lowest BCUT2D eigenvalue weighted by molar-refractivity contribution is -0.0513. The molecule has 1 aromatic carbocycles. The standard InChI is InChI=1S/C14H18F2OS/c1-13(2)5-6-18-9-14(13,17)8-10-3-4-11(15)12(16)7-10/h3-4,7,17H,5-6,8-9H2,1-2H3. The number of benzene rings is 1. The first kappa shape index (κ1) is 13.8. The first-order valence-electron chi connectivity index (χ1n) is 6.08. The summed E-state index contributed by atoms with van der Waals surface area (Å²) in [5.41, 5.74) is -0.421. The largest absolute Gasteiger partial charge is 0.388 e. The van der Waals surface area contributed by atoms with Gasteiger partial charge in [-0.2, -0.15) is 11.8 Å². The summed E-state index contributed by atoms with van der Waals surface area (Å²) in [6, 6.07) is 3.85. The number of rotatable bonds is 2. The van der Waals surface area contributed by atoms with Crippen molar-refractivity contribution in [2.24, 2.45) is 5.41 Å². The third kappa shape index (κ3) is 2.54. The highest BCUT2D eigenvalue weighted by atomic mass is 32.2. The second-order valence-electron chi connectivity index (χ2n) is 5.64. The molecule has 0 bridgehead atoms. The summed E-state index contributed by atoms with van der Waals surface area (Å²) in [5, 5.41) is 10.8. The van der Waals surface area contributed by atoms with Gasteiger partial charge in [0.2, 0.25) is 0 Å². The van der Waals surface area contributed by atoms with E-state index in [0.717, 1.165) is 18.2 Å². The van der Waals surface area contributed by atoms with E-state index < -0.39 is 17.2 Å². The van der Waals surface area contributed by atoms with Crippen molar-refractivity contribution in [2.45, 2.75) is 32.3 Å². The summed E-state index contributed by atoms with van der Waals surface area (Å²) in [4.78, 5) is 0. The van der Waals surface area contributed by atoms with E-state index in [9.17, 15) is 13.9 Å². The molecule has 1 fully saturated rings. The Kier molecular flexibility index (Phi) is 3.70. The Morgan fingerprint density at radius 1 is 1.28 bits per heavy atom. The maximum Gasteiger partial charge on any atom is 0.159 e. The summed E-state index contributed by atoms with van der Waals surface area (Å²) in [6.07, 6.45) is 1.29. The fourth-order valence-corrected chi connectivity index (χ4v) is 3.90. The molecule has 1 aliphatic heterocycles. The lowest BCUT2D eigenvalue weighted by Gasteiger charge is -2.46. The minimum absolute atomic E-state index is 0.205. The average Bonchev–Trinajstić information content (AvgIpc) is 2.28. The normalized spacial score (nSPS) is 27.2. The second-order valence-corrected chi connectivity index (χ2v) is 6.75. The monoisotopic (exact) mass is 272 g/mol. The summed E-state index contributed by atoms with van der Waals surface area (Å²) in [5.74, 6) is -0.0214. The highest BCUT2D eigenvalue weighted by Crippen LogP contribution is 2.44. The second kappa shape index (κ2) is 4.82. The maximum atomic E-state index is 13.2. The van der Waals surface area contributed by atoms with Crippen molar-refractivity contribution in [3.63, 3.8) is 0 Å². The van der Waals surface area contributed by atoms with Crippen LogP contribution in [0.15, 0.2) is 18.2 Å². The van der Waals surface area contributed by atoms with Gasteiger partial charge >= 0.3 is 0 Å². The highest BCUT2D eigenvalue weighted by Gasteiger charge is 2.45. The molecular weight excluding hydrogens is 254 g/mol. The van der Waals surface area contributed by atoms with E-state index in [-0.39, 0.29) is 5.41 Å². The molecule has 0 radical (unpaired) electrons. The van der Waals surface area contributed by atoms with Gasteiger partial charge in [0.15, 0.2) is 11.6 Å². The van der Waals surface area contributed by atoms with E-state index in [0.29, 0.717) is 17.7 Å². The summed E-state index contributed by atoms with van der Waals surface area (Å²) in [7, 11) is 0. The van der Waals surface area contributed by atoms with Gasteiger partial charge < -0.3 is 5.11 Å². The van der Waals surface area contributed by atoms with Crippen molar-refractivity contribution in [3.8, 4) is 0 Å². The molecule has 1 aromatic rings. The molecule has 4 heteroatoms. The molecule has 0 amide bonds. The van der Waals surface area contributed by atoms with Gasteiger partial charge in [-0.05, 0) is 35.3 Å². The molecule has 0 spiro atoms. The van der Waals surface area contributed by atoms with E-state index in [1.807, 2.05) is 13.8 Å². The molecule has 0 aliphatic carbocycles. The molecule has 1 saturated heterocycles. The lowest BCUT2D eigenvalue weighted by atomic mass is 9.70. The van der Waals surface area contributed by atoms with Gasteiger partial charge in [-0.25, -0.2) is 8.78 Å². The lowest BCUT2D eigenvalue weighted by Crippen LogP contribution is -2.51. The Bertz CT molecular complexity index is 447. The van der Waals surface area contributed by atoms with Crippen LogP contribution in [0.1, 0.15) is 25.8 Å². The molecule has 1 aliphatic rings. The fraction of sp³-hybridized carbons (Fsp3) is 0.571. The zero-order valence-electron chi connectivity index (χ0n) is 10.7. The molecule has 1 heterocycles. The molecule has 1 N–H and O–H groups in total. The molecule has 1 atom stereocenters. The Labute approximate surface area is 111 Å². The molecule has 0 aromatic heterocycles. The van der Waals surface area contributed by atoms with Crippen LogP contribution in [0.2, 0.25) is 0 Å². The Balaban J connectivity index is 2.23. The smallest absolute Gasteiger partial charge is 0.159 e. The van der Waals surface area contributed by atoms with Gasteiger partial charge in [0.1, 0.15) is 0 Å². The van der Waals surface area contributed by atoms with Crippen molar-refractivity contribution in [1.82, 2.24) is 0 Å². The van der Waals surface area contributed by atoms with E-state index in [1.54, 1.807) is 17.8 Å². The topological polar surface area (TPSA) is 20.2 Å². The van der Waals surface area contributed by atoms with E-state index in [1.165, 1.54) is 6.07 Å². The van der Waals surface area contributed by atoms with Crippen LogP contribution >= 0.6 is 11.8 Å². The minimum Gasteiger partial charge on any atom is -0.388 e. The molecular formula is C14H18F2OS. The van der Waals surface area contributed by atoms with Gasteiger partial charge in [-0.1, -0.05) is 19.9 Å². The number of halogens is 2. The van der Waals surface area contributed by atoms with Crippen LogP contribution in [0, 0.1) is 17.0 Å². The van der Waals surface area contributed by atoms with Gasteiger partial charge in [0, 0.05) is 12.2 Å². The molecule has 0 saturated carbocycles. The fourth-order valence-electron chi connectivity index (χ4n) is 2.27. The maximum absolute atomic E-state index is 13.2. The van der Waals surface area contributed by atoms with E-state index in [2.05, 4.69) is 0 Å². The predicted molar refractivity (Wildman–Crippen MR) is 70.7 cm³/mol. The van der Waals surface area contributed by atoms with Gasteiger partial charge in [-0.15, -0.1) is 0 Å². The van der Waals surface area contributed by atoms with Crippen LogP contribution in [0.3, 0.4) is 0 Å². The van der Waals surface area contributed by atoms with Crippen molar-refractivity contribution in [1.29, 1.82) is 0 Å². The van der Waals surface area contributed by atoms with Gasteiger partial charge in [0.05, 0.1) is 5.60 Å². The quantitative estimate of drug-likeness (QED) is 0.890. The third-order valence-corrected chi connectivity index (χ3v) is 5.13. The van der Waals surface area contributed by atoms with E-state index in [4.69, 9.17) is 0 Å². The SMILES string of the molecule is CC1(C)CCSCC1(O)Cc1ccc(F)c(F)c1. The van der Waals surface area contributed by atoms with Crippen LogP contribution in [0.25, 0.3) is 0 Å². The van der Waals surface area contributed by atoms with Crippen LogP contribution in [0.5, 0.6) is 0 Å². The number of hydrogen-bond acceptors (Lipinski definition) is 2. The Morgan fingerprint density at radius 3 is 2.61 bits per heavy atom. The molecule has 18 heavy (non-hydrogen) atoms. The molecule has 100 valence electrons. The first-order chi connectivity index (χ1) is 8.34. The zero-order chi connectivity index (χ0) is 13.4. The molecule has 1 unspecified atom stereocenters. The number of hydrogen-bond donors (Lipinski definition) is 1. The van der Waals surface area contributed by atoms with Crippen molar-refractivity contribution < 1.29 is 13.9 Å². The average molecular weight is 272 g/mol. The zero-order valence-corrected chi connectivity index (χ0v) is 11.5. The number of thioether (sulfide) groups is 1. The van der Waals surface area contributed by atoms with Crippen LogP contribution in [0.4, 0.5) is 8.78 Å². The van der Waals surface area contributed by atoms with Crippen LogP contribution in [-0.4, -0.2) is 22.2 Å². The van der Waals surface area contributed by atoms with Gasteiger partial charge in [-0.3, -0.25) is 0 Å². The Morgan fingerprint density at radius 2 is 2.00 bits per heavy atom. The van der Waals surface area contributed by atoms with Crippen LogP contribution < -0.4 is 0 Å². The van der Waals surface area contributed by atoms with Crippen molar-refractivity contribution in [3.05, 3.63) is 35.4 Å². The van der Waals surface area contributed by atoms with Crippen LogP contribution in [-0.2, 0) is 6.42 Å². The minimum atomic E-state index is -0.861. The third-order valence-electron chi connectivity index (χ3n) is 3.95. The van der Waals surface area contributed by atoms with Crippen molar-refractivity contribution >= 4 is 11.8 Å². The Hall–Kier alpha value is -0.610. The van der Waals surface area contributed by atoms with Gasteiger partial charge in [0.25, 0.3) is 0 Å². The predicted octanol–water partition coefficient (Wildman–Crippen LogP) is 3.40. The molecule has 1 nitrogen and oxygen atoms in total. The summed E-state index contributed by atoms with van der Waals surface area (Å²) >= 11 is 1.71. The highest BCUT2D eigenvalue weighted by molar-refractivity contribution is 7.99. The van der Waals surface area contributed by atoms with E-state index >= 15 is 0 Å². The number of aliphatic hydroxyl groups is 1. The summed E-state index contributed by atoms with van der Waals surface area (Å²) < 4.78 is 26.1. The summed E-state index contributed by atoms with van der Waals surface area (Å²) in [6.45, 7) is 4.07.